The lowest BCUT2D eigenvalue weighted by atomic mass is 10.0. The highest BCUT2D eigenvalue weighted by Crippen LogP contribution is 2.14. The number of ether oxygens (including phenoxy) is 1. The maximum absolute atomic E-state index is 11.9. The van der Waals surface area contributed by atoms with Crippen molar-refractivity contribution >= 4 is 17.9 Å². The van der Waals surface area contributed by atoms with E-state index in [1.165, 1.54) is 25.3 Å². The number of hydrogen-bond donors (Lipinski definition) is 2. The van der Waals surface area contributed by atoms with Crippen LogP contribution in [0.3, 0.4) is 0 Å². The molecule has 0 bridgehead atoms. The van der Waals surface area contributed by atoms with E-state index in [2.05, 4.69) is 6.92 Å². The van der Waals surface area contributed by atoms with Crippen LogP contribution in [0.5, 0.6) is 0 Å². The number of rotatable bonds is 10. The van der Waals surface area contributed by atoms with Crippen LogP contribution in [0.15, 0.2) is 18.2 Å². The Labute approximate surface area is 135 Å². The Kier molecular flexibility index (Phi) is 7.80. The molecule has 0 saturated heterocycles. The van der Waals surface area contributed by atoms with E-state index in [1.807, 2.05) is 0 Å². The summed E-state index contributed by atoms with van der Waals surface area (Å²) in [7, 11) is 0. The second-order valence-corrected chi connectivity index (χ2v) is 5.27. The van der Waals surface area contributed by atoms with Gasteiger partial charge in [0.2, 0.25) is 0 Å². The van der Waals surface area contributed by atoms with Gasteiger partial charge < -0.3 is 14.9 Å². The van der Waals surface area contributed by atoms with Gasteiger partial charge in [0.15, 0.2) is 0 Å². The molecule has 1 aromatic carbocycles. The third kappa shape index (κ3) is 6.10. The maximum Gasteiger partial charge on any atom is 0.338 e. The maximum atomic E-state index is 11.9. The first-order chi connectivity index (χ1) is 11.0. The molecular weight excluding hydrogens is 300 g/mol. The first kappa shape index (κ1) is 18.7. The Morgan fingerprint density at radius 1 is 0.913 bits per heavy atom. The van der Waals surface area contributed by atoms with Gasteiger partial charge in [-0.15, -0.1) is 0 Å². The van der Waals surface area contributed by atoms with Gasteiger partial charge in [0.1, 0.15) is 0 Å². The smallest absolute Gasteiger partial charge is 0.338 e. The summed E-state index contributed by atoms with van der Waals surface area (Å²) in [6.07, 6.45) is 6.38. The van der Waals surface area contributed by atoms with Gasteiger partial charge in [-0.3, -0.25) is 0 Å². The molecule has 0 aliphatic rings. The highest BCUT2D eigenvalue weighted by molar-refractivity contribution is 6.03. The summed E-state index contributed by atoms with van der Waals surface area (Å²) in [6, 6.07) is 3.40. The fourth-order valence-corrected chi connectivity index (χ4v) is 2.17. The predicted molar refractivity (Wildman–Crippen MR) is 84.0 cm³/mol. The summed E-state index contributed by atoms with van der Waals surface area (Å²) < 4.78 is 5.09. The normalized spacial score (nSPS) is 10.3. The minimum absolute atomic E-state index is 0.0402. The quantitative estimate of drug-likeness (QED) is 0.504. The molecule has 0 fully saturated rings. The van der Waals surface area contributed by atoms with Gasteiger partial charge in [-0.1, -0.05) is 39.0 Å². The highest BCUT2D eigenvalue weighted by atomic mass is 16.5. The molecule has 0 unspecified atom stereocenters. The van der Waals surface area contributed by atoms with Crippen LogP contribution in [-0.4, -0.2) is 34.7 Å². The van der Waals surface area contributed by atoms with E-state index >= 15 is 0 Å². The molecule has 126 valence electrons. The largest absolute Gasteiger partial charge is 0.478 e. The third-order valence-corrected chi connectivity index (χ3v) is 3.45. The molecule has 1 rings (SSSR count). The molecule has 1 aromatic rings. The number of carboxylic acid groups (broad SMARTS) is 2. The van der Waals surface area contributed by atoms with Crippen LogP contribution in [0.2, 0.25) is 0 Å². The molecule has 0 spiro atoms. The Morgan fingerprint density at radius 2 is 1.52 bits per heavy atom. The van der Waals surface area contributed by atoms with Crippen molar-refractivity contribution in [3.8, 4) is 0 Å². The lowest BCUT2D eigenvalue weighted by Gasteiger charge is -2.07. The molecular formula is C17H22O6. The monoisotopic (exact) mass is 322 g/mol. The number of carbonyl (C=O) groups is 3. The second kappa shape index (κ2) is 9.61. The average Bonchev–Trinajstić information content (AvgIpc) is 2.53. The summed E-state index contributed by atoms with van der Waals surface area (Å²) in [5.74, 6) is -3.39. The fraction of sp³-hybridized carbons (Fsp3) is 0.471. The minimum Gasteiger partial charge on any atom is -0.478 e. The first-order valence-electron chi connectivity index (χ1n) is 7.75. The Morgan fingerprint density at radius 3 is 2.13 bits per heavy atom. The number of unbranched alkanes of at least 4 members (excludes halogenated alkanes) is 5. The van der Waals surface area contributed by atoms with Gasteiger partial charge >= 0.3 is 17.9 Å². The number of aromatic carboxylic acids is 2. The Bertz CT molecular complexity index is 564. The number of carbonyl (C=O) groups excluding carboxylic acids is 1. The minimum atomic E-state index is -1.40. The van der Waals surface area contributed by atoms with Crippen molar-refractivity contribution in [1.82, 2.24) is 0 Å². The fourth-order valence-electron chi connectivity index (χ4n) is 2.17. The summed E-state index contributed by atoms with van der Waals surface area (Å²) in [6.45, 7) is 2.41. The Hall–Kier alpha value is -2.37. The van der Waals surface area contributed by atoms with Gasteiger partial charge in [-0.05, 0) is 24.6 Å². The number of hydrogen-bond acceptors (Lipinski definition) is 4. The van der Waals surface area contributed by atoms with E-state index in [1.54, 1.807) is 0 Å². The number of benzene rings is 1. The SMILES string of the molecule is CCCCCCCCOC(=O)c1ccc(C(=O)O)c(C(=O)O)c1. The van der Waals surface area contributed by atoms with E-state index in [-0.39, 0.29) is 17.7 Å². The zero-order valence-corrected chi connectivity index (χ0v) is 13.2. The van der Waals surface area contributed by atoms with Crippen LogP contribution in [0.4, 0.5) is 0 Å². The molecule has 0 aliphatic heterocycles. The van der Waals surface area contributed by atoms with E-state index in [0.29, 0.717) is 0 Å². The molecule has 6 heteroatoms. The number of esters is 1. The van der Waals surface area contributed by atoms with Gasteiger partial charge in [0.25, 0.3) is 0 Å². The number of carboxylic acids is 2. The van der Waals surface area contributed by atoms with Gasteiger partial charge in [-0.2, -0.15) is 0 Å². The molecule has 0 radical (unpaired) electrons. The van der Waals surface area contributed by atoms with E-state index in [0.717, 1.165) is 31.4 Å². The van der Waals surface area contributed by atoms with Crippen LogP contribution in [0, 0.1) is 0 Å². The summed E-state index contributed by atoms with van der Waals surface area (Å²) in [5, 5.41) is 17.9. The van der Waals surface area contributed by atoms with E-state index in [4.69, 9.17) is 14.9 Å². The average molecular weight is 322 g/mol. The van der Waals surface area contributed by atoms with Crippen molar-refractivity contribution in [2.24, 2.45) is 0 Å². The van der Waals surface area contributed by atoms with Gasteiger partial charge in [0, 0.05) is 0 Å². The van der Waals surface area contributed by atoms with Gasteiger partial charge in [-0.25, -0.2) is 14.4 Å². The van der Waals surface area contributed by atoms with Crippen LogP contribution in [0.25, 0.3) is 0 Å². The molecule has 0 saturated carbocycles. The summed E-state index contributed by atoms with van der Waals surface area (Å²) in [4.78, 5) is 33.9. The van der Waals surface area contributed by atoms with Crippen molar-refractivity contribution < 1.29 is 29.3 Å². The van der Waals surface area contributed by atoms with E-state index < -0.39 is 23.5 Å². The van der Waals surface area contributed by atoms with Crippen molar-refractivity contribution in [3.05, 3.63) is 34.9 Å². The zero-order valence-electron chi connectivity index (χ0n) is 13.2. The molecule has 0 aliphatic carbocycles. The van der Waals surface area contributed by atoms with Crippen molar-refractivity contribution in [3.63, 3.8) is 0 Å². The lowest BCUT2D eigenvalue weighted by Crippen LogP contribution is -2.12. The lowest BCUT2D eigenvalue weighted by molar-refractivity contribution is 0.0496. The van der Waals surface area contributed by atoms with Crippen molar-refractivity contribution in [2.45, 2.75) is 45.4 Å². The topological polar surface area (TPSA) is 101 Å². The predicted octanol–water partition coefficient (Wildman–Crippen LogP) is 3.60. The highest BCUT2D eigenvalue weighted by Gasteiger charge is 2.19. The molecule has 0 heterocycles. The zero-order chi connectivity index (χ0) is 17.2. The molecule has 2 N–H and O–H groups in total. The summed E-state index contributed by atoms with van der Waals surface area (Å²) in [5.41, 5.74) is -0.741. The third-order valence-electron chi connectivity index (χ3n) is 3.45. The van der Waals surface area contributed by atoms with Crippen molar-refractivity contribution in [2.75, 3.05) is 6.61 Å². The van der Waals surface area contributed by atoms with Crippen LogP contribution in [0.1, 0.15) is 76.5 Å². The standard InChI is InChI=1S/C17H22O6/c1-2-3-4-5-6-7-10-23-17(22)12-8-9-13(15(18)19)14(11-12)16(20)21/h8-9,11H,2-7,10H2,1H3,(H,18,19)(H,20,21). The first-order valence-corrected chi connectivity index (χ1v) is 7.75. The molecule has 0 aromatic heterocycles. The van der Waals surface area contributed by atoms with Crippen LogP contribution < -0.4 is 0 Å². The molecule has 0 amide bonds. The van der Waals surface area contributed by atoms with Crippen molar-refractivity contribution in [1.29, 1.82) is 0 Å². The second-order valence-electron chi connectivity index (χ2n) is 5.27. The van der Waals surface area contributed by atoms with Gasteiger partial charge in [0.05, 0.1) is 23.3 Å². The molecule has 6 nitrogen and oxygen atoms in total. The molecule has 23 heavy (non-hydrogen) atoms. The van der Waals surface area contributed by atoms with Crippen LogP contribution >= 0.6 is 0 Å². The molecule has 0 atom stereocenters. The Balaban J connectivity index is 2.55. The van der Waals surface area contributed by atoms with Crippen LogP contribution in [-0.2, 0) is 4.74 Å². The van der Waals surface area contributed by atoms with E-state index in [9.17, 15) is 14.4 Å². The summed E-state index contributed by atoms with van der Waals surface area (Å²) >= 11 is 0.